The molecule has 46 heavy (non-hydrogen) atoms. The van der Waals surface area contributed by atoms with Crippen LogP contribution in [0.2, 0.25) is 0 Å². The lowest BCUT2D eigenvalue weighted by Gasteiger charge is -2.22. The first-order chi connectivity index (χ1) is 22.6. The van der Waals surface area contributed by atoms with E-state index in [4.69, 9.17) is 9.98 Å². The fourth-order valence-corrected chi connectivity index (χ4v) is 7.44. The lowest BCUT2D eigenvalue weighted by Crippen LogP contribution is -2.36. The molecule has 0 fully saturated rings. The maximum atomic E-state index is 5.09. The van der Waals surface area contributed by atoms with E-state index in [1.54, 1.807) is 0 Å². The number of nitrogens with one attached hydrogen (secondary N) is 1. The number of para-hydroxylation sites is 1. The summed E-state index contributed by atoms with van der Waals surface area (Å²) < 4.78 is 2.47. The monoisotopic (exact) mass is 592 g/mol. The van der Waals surface area contributed by atoms with E-state index < -0.39 is 0 Å². The Balaban J connectivity index is 1.19. The molecule has 1 aromatic heterocycles. The van der Waals surface area contributed by atoms with E-state index in [1.165, 1.54) is 44.1 Å². The molecule has 2 heterocycles. The van der Waals surface area contributed by atoms with E-state index in [0.29, 0.717) is 0 Å². The number of nitrogens with zero attached hydrogens (tertiary/aromatic N) is 3. The van der Waals surface area contributed by atoms with Gasteiger partial charge in [0.2, 0.25) is 0 Å². The lowest BCUT2D eigenvalue weighted by molar-refractivity contribution is 0.667. The second kappa shape index (κ2) is 10.1. The SMILES string of the molecule is CC1(C)c2ccc3ccccc3c2-c2c1c1ccccc1n2-c1ccc(C2=NC(c3ccccc3)N=C(c3ccccc3)N2)cc1. The van der Waals surface area contributed by atoms with Gasteiger partial charge in [-0.3, -0.25) is 0 Å². The van der Waals surface area contributed by atoms with Crippen molar-refractivity contribution in [3.05, 3.63) is 173 Å². The van der Waals surface area contributed by atoms with Crippen LogP contribution in [0.5, 0.6) is 0 Å². The van der Waals surface area contributed by atoms with Crippen molar-refractivity contribution in [3.8, 4) is 16.9 Å². The van der Waals surface area contributed by atoms with Gasteiger partial charge in [0.15, 0.2) is 6.17 Å². The normalized spacial score (nSPS) is 16.4. The summed E-state index contributed by atoms with van der Waals surface area (Å²) in [6, 6.07) is 51.6. The predicted molar refractivity (Wildman–Crippen MR) is 190 cm³/mol. The molecule has 1 N–H and O–H groups in total. The van der Waals surface area contributed by atoms with Gasteiger partial charge in [0.05, 0.1) is 11.2 Å². The van der Waals surface area contributed by atoms with Gasteiger partial charge in [0.1, 0.15) is 11.7 Å². The molecule has 1 unspecified atom stereocenters. The second-order valence-corrected chi connectivity index (χ2v) is 12.7. The Morgan fingerprint density at radius 1 is 0.587 bits per heavy atom. The van der Waals surface area contributed by atoms with E-state index >= 15 is 0 Å². The first kappa shape index (κ1) is 26.6. The predicted octanol–water partition coefficient (Wildman–Crippen LogP) is 9.59. The molecule has 0 spiro atoms. The topological polar surface area (TPSA) is 41.7 Å². The smallest absolute Gasteiger partial charge is 0.169 e. The number of hydrogen-bond acceptors (Lipinski definition) is 3. The van der Waals surface area contributed by atoms with Gasteiger partial charge in [-0.2, -0.15) is 0 Å². The van der Waals surface area contributed by atoms with Gasteiger partial charge in [-0.1, -0.05) is 129 Å². The third kappa shape index (κ3) is 4.00. The maximum absolute atomic E-state index is 5.09. The molecule has 0 saturated carbocycles. The number of aromatic nitrogens is 1. The molecule has 1 aliphatic heterocycles. The molecule has 4 nitrogen and oxygen atoms in total. The Hall–Kier alpha value is -5.74. The third-order valence-electron chi connectivity index (χ3n) is 9.62. The van der Waals surface area contributed by atoms with Crippen LogP contribution in [-0.2, 0) is 5.41 Å². The number of aliphatic imine (C=N–C) groups is 2. The van der Waals surface area contributed by atoms with Crippen molar-refractivity contribution in [2.45, 2.75) is 25.4 Å². The summed E-state index contributed by atoms with van der Waals surface area (Å²) in [5, 5.41) is 7.42. The molecular weight excluding hydrogens is 560 g/mol. The van der Waals surface area contributed by atoms with Gasteiger partial charge >= 0.3 is 0 Å². The van der Waals surface area contributed by atoms with Crippen molar-refractivity contribution in [1.29, 1.82) is 0 Å². The summed E-state index contributed by atoms with van der Waals surface area (Å²) in [4.78, 5) is 10.1. The summed E-state index contributed by atoms with van der Waals surface area (Å²) >= 11 is 0. The first-order valence-corrected chi connectivity index (χ1v) is 15.9. The minimum Gasteiger partial charge on any atom is -0.324 e. The molecule has 1 atom stereocenters. The zero-order valence-electron chi connectivity index (χ0n) is 25.8. The highest BCUT2D eigenvalue weighted by atomic mass is 15.2. The fraction of sp³-hybridized carbons (Fsp3) is 0.0952. The fourth-order valence-electron chi connectivity index (χ4n) is 7.44. The molecular formula is C42H32N4. The quantitative estimate of drug-likeness (QED) is 0.217. The Morgan fingerprint density at radius 2 is 1.20 bits per heavy atom. The van der Waals surface area contributed by atoms with Crippen LogP contribution in [0.1, 0.15) is 47.8 Å². The Kier molecular flexibility index (Phi) is 5.88. The lowest BCUT2D eigenvalue weighted by atomic mass is 9.81. The van der Waals surface area contributed by atoms with E-state index in [-0.39, 0.29) is 11.6 Å². The molecule has 0 saturated heterocycles. The Labute approximate surface area is 268 Å². The molecule has 220 valence electrons. The van der Waals surface area contributed by atoms with Gasteiger partial charge < -0.3 is 9.88 Å². The molecule has 9 rings (SSSR count). The van der Waals surface area contributed by atoms with Crippen molar-refractivity contribution in [2.75, 3.05) is 0 Å². The van der Waals surface area contributed by atoms with Crippen molar-refractivity contribution in [1.82, 2.24) is 9.88 Å². The van der Waals surface area contributed by atoms with Crippen LogP contribution in [0, 0.1) is 0 Å². The molecule has 7 aromatic rings. The van der Waals surface area contributed by atoms with Crippen molar-refractivity contribution < 1.29 is 0 Å². The number of rotatable bonds is 4. The average Bonchev–Trinajstić information content (AvgIpc) is 3.59. The molecule has 6 aromatic carbocycles. The molecule has 1 aliphatic carbocycles. The number of benzene rings is 6. The van der Waals surface area contributed by atoms with E-state index in [9.17, 15) is 0 Å². The van der Waals surface area contributed by atoms with E-state index in [2.05, 4.69) is 133 Å². The largest absolute Gasteiger partial charge is 0.324 e. The Morgan fingerprint density at radius 3 is 1.93 bits per heavy atom. The maximum Gasteiger partial charge on any atom is 0.169 e. The number of amidine groups is 2. The number of fused-ring (bicyclic) bond motifs is 7. The highest BCUT2D eigenvalue weighted by molar-refractivity contribution is 6.16. The van der Waals surface area contributed by atoms with Crippen LogP contribution < -0.4 is 5.32 Å². The van der Waals surface area contributed by atoms with Crippen LogP contribution in [0.4, 0.5) is 0 Å². The average molecular weight is 593 g/mol. The van der Waals surface area contributed by atoms with Gasteiger partial charge in [0, 0.05) is 33.2 Å². The summed E-state index contributed by atoms with van der Waals surface area (Å²) in [6.07, 6.45) is -0.323. The molecule has 0 radical (unpaired) electrons. The van der Waals surface area contributed by atoms with Gasteiger partial charge in [0.25, 0.3) is 0 Å². The first-order valence-electron chi connectivity index (χ1n) is 15.9. The zero-order chi connectivity index (χ0) is 30.8. The van der Waals surface area contributed by atoms with Gasteiger partial charge in [-0.15, -0.1) is 0 Å². The van der Waals surface area contributed by atoms with Gasteiger partial charge in [-0.25, -0.2) is 9.98 Å². The second-order valence-electron chi connectivity index (χ2n) is 12.7. The molecule has 0 amide bonds. The summed E-state index contributed by atoms with van der Waals surface area (Å²) in [7, 11) is 0. The van der Waals surface area contributed by atoms with Crippen molar-refractivity contribution in [2.24, 2.45) is 9.98 Å². The molecule has 4 heteroatoms. The minimum atomic E-state index is -0.323. The van der Waals surface area contributed by atoms with Crippen LogP contribution in [-0.4, -0.2) is 16.2 Å². The minimum absolute atomic E-state index is 0.125. The highest BCUT2D eigenvalue weighted by Gasteiger charge is 2.41. The van der Waals surface area contributed by atoms with Crippen LogP contribution in [0.3, 0.4) is 0 Å². The standard InChI is InChI=1S/C42H32N4/c1-42(2)34-26-23-27-13-9-10-18-32(27)36(34)38-37(42)33-19-11-12-20-35(33)46(38)31-24-21-30(22-25-31)41-44-39(28-14-5-3-6-15-28)43-40(45-41)29-16-7-4-8-17-29/h3-26,39H,1-2H3,(H,43,44,45). The summed E-state index contributed by atoms with van der Waals surface area (Å²) in [6.45, 7) is 4.74. The third-order valence-corrected chi connectivity index (χ3v) is 9.62. The molecule has 0 bridgehead atoms. The van der Waals surface area contributed by atoms with Crippen molar-refractivity contribution >= 4 is 33.3 Å². The van der Waals surface area contributed by atoms with E-state index in [0.717, 1.165) is 34.0 Å². The molecule has 2 aliphatic rings. The van der Waals surface area contributed by atoms with Crippen molar-refractivity contribution in [3.63, 3.8) is 0 Å². The zero-order valence-corrected chi connectivity index (χ0v) is 25.8. The van der Waals surface area contributed by atoms with E-state index in [1.807, 2.05) is 36.4 Å². The van der Waals surface area contributed by atoms with Crippen LogP contribution >= 0.6 is 0 Å². The summed E-state index contributed by atoms with van der Waals surface area (Å²) in [5.74, 6) is 1.64. The highest BCUT2D eigenvalue weighted by Crippen LogP contribution is 2.55. The van der Waals surface area contributed by atoms with Crippen LogP contribution in [0.25, 0.3) is 38.6 Å². The Bertz CT molecular complexity index is 2340. The summed E-state index contributed by atoms with van der Waals surface area (Å²) in [5.41, 5.74) is 10.8. The van der Waals surface area contributed by atoms with Gasteiger partial charge in [-0.05, 0) is 57.8 Å². The number of hydrogen-bond donors (Lipinski definition) is 1. The van der Waals surface area contributed by atoms with Crippen LogP contribution in [0.15, 0.2) is 156 Å².